The van der Waals surface area contributed by atoms with Gasteiger partial charge >= 0.3 is 0 Å². The number of nitrogens with zero attached hydrogens (tertiary/aromatic N) is 1. The quantitative estimate of drug-likeness (QED) is 0.808. The van der Waals surface area contributed by atoms with Crippen molar-refractivity contribution in [2.24, 2.45) is 5.73 Å². The van der Waals surface area contributed by atoms with Gasteiger partial charge in [-0.05, 0) is 25.0 Å². The van der Waals surface area contributed by atoms with E-state index in [0.29, 0.717) is 12.1 Å². The molecule has 3 nitrogen and oxygen atoms in total. The summed E-state index contributed by atoms with van der Waals surface area (Å²) in [6.45, 7) is 3.17. The molecule has 19 heavy (non-hydrogen) atoms. The molecule has 104 valence electrons. The number of benzene rings is 1. The summed E-state index contributed by atoms with van der Waals surface area (Å²) < 4.78 is 5.62. The number of fused-ring (bicyclic) bond motifs is 2. The monoisotopic (exact) mass is 278 g/mol. The number of hydrogen-bond acceptors (Lipinski definition) is 4. The summed E-state index contributed by atoms with van der Waals surface area (Å²) in [6, 6.07) is 11.4. The lowest BCUT2D eigenvalue weighted by atomic mass is 10.2. The molecule has 1 aromatic rings. The summed E-state index contributed by atoms with van der Waals surface area (Å²) in [6.07, 6.45) is 2.82. The summed E-state index contributed by atoms with van der Waals surface area (Å²) in [4.78, 5) is 3.87. The third-order valence-corrected chi connectivity index (χ3v) is 5.21. The van der Waals surface area contributed by atoms with Crippen molar-refractivity contribution in [1.82, 2.24) is 4.90 Å². The number of thioether (sulfide) groups is 1. The smallest absolute Gasteiger partial charge is 0.0718 e. The molecule has 0 saturated carbocycles. The first kappa shape index (κ1) is 13.4. The minimum atomic E-state index is 0.283. The molecular formula is C15H22N2OS. The van der Waals surface area contributed by atoms with E-state index in [2.05, 4.69) is 35.2 Å². The fraction of sp³-hybridized carbons (Fsp3) is 0.600. The second-order valence-corrected chi connectivity index (χ2v) is 6.61. The lowest BCUT2D eigenvalue weighted by Crippen LogP contribution is -2.40. The molecule has 2 bridgehead atoms. The number of ether oxygens (including phenoxy) is 1. The van der Waals surface area contributed by atoms with Gasteiger partial charge in [-0.1, -0.05) is 18.2 Å². The summed E-state index contributed by atoms with van der Waals surface area (Å²) in [5.41, 5.74) is 6.22. The molecule has 2 unspecified atom stereocenters. The van der Waals surface area contributed by atoms with Gasteiger partial charge in [-0.15, -0.1) is 11.8 Å². The van der Waals surface area contributed by atoms with E-state index in [0.717, 1.165) is 31.9 Å². The van der Waals surface area contributed by atoms with E-state index < -0.39 is 0 Å². The zero-order valence-electron chi connectivity index (χ0n) is 11.2. The molecule has 3 rings (SSSR count). The normalized spacial score (nSPS) is 27.8. The van der Waals surface area contributed by atoms with E-state index in [-0.39, 0.29) is 6.04 Å². The molecule has 4 heteroatoms. The molecule has 1 aromatic carbocycles. The number of hydrogen-bond donors (Lipinski definition) is 1. The minimum absolute atomic E-state index is 0.283. The first-order chi connectivity index (χ1) is 9.31. The van der Waals surface area contributed by atoms with E-state index >= 15 is 0 Å². The van der Waals surface area contributed by atoms with Crippen LogP contribution in [0.1, 0.15) is 12.8 Å². The highest BCUT2D eigenvalue weighted by molar-refractivity contribution is 7.99. The van der Waals surface area contributed by atoms with Gasteiger partial charge in [0, 0.05) is 35.8 Å². The van der Waals surface area contributed by atoms with Crippen molar-refractivity contribution in [3.05, 3.63) is 30.3 Å². The van der Waals surface area contributed by atoms with Crippen molar-refractivity contribution in [2.45, 2.75) is 35.9 Å². The van der Waals surface area contributed by atoms with Crippen LogP contribution in [0.25, 0.3) is 0 Å². The molecule has 0 aromatic heterocycles. The Morgan fingerprint density at radius 2 is 2.21 bits per heavy atom. The zero-order chi connectivity index (χ0) is 13.1. The van der Waals surface area contributed by atoms with Gasteiger partial charge < -0.3 is 10.5 Å². The highest BCUT2D eigenvalue weighted by Crippen LogP contribution is 2.28. The summed E-state index contributed by atoms with van der Waals surface area (Å²) in [5, 5.41) is 0. The number of nitrogens with two attached hydrogens (primary N) is 1. The van der Waals surface area contributed by atoms with Gasteiger partial charge in [0.1, 0.15) is 0 Å². The minimum Gasteiger partial charge on any atom is -0.375 e. The van der Waals surface area contributed by atoms with Crippen molar-refractivity contribution >= 4 is 11.8 Å². The van der Waals surface area contributed by atoms with Gasteiger partial charge in [-0.2, -0.15) is 0 Å². The largest absolute Gasteiger partial charge is 0.375 e. The van der Waals surface area contributed by atoms with E-state index in [1.54, 1.807) is 0 Å². The Balaban J connectivity index is 1.36. The SMILES string of the molecule is N[C@H](CCN1CC2CC1CO2)CSc1ccccc1. The summed E-state index contributed by atoms with van der Waals surface area (Å²) >= 11 is 1.86. The summed E-state index contributed by atoms with van der Waals surface area (Å²) in [5.74, 6) is 1.00. The van der Waals surface area contributed by atoms with Gasteiger partial charge in [0.25, 0.3) is 0 Å². The van der Waals surface area contributed by atoms with Crippen molar-refractivity contribution in [2.75, 3.05) is 25.4 Å². The molecule has 3 atom stereocenters. The van der Waals surface area contributed by atoms with Crippen LogP contribution in [0.4, 0.5) is 0 Å². The maximum atomic E-state index is 6.22. The second-order valence-electron chi connectivity index (χ2n) is 5.51. The zero-order valence-corrected chi connectivity index (χ0v) is 12.0. The van der Waals surface area contributed by atoms with Crippen LogP contribution in [0.15, 0.2) is 35.2 Å². The molecule has 0 spiro atoms. The molecule has 2 N–H and O–H groups in total. The molecule has 2 fully saturated rings. The van der Waals surface area contributed by atoms with Crippen LogP contribution >= 0.6 is 11.8 Å². The van der Waals surface area contributed by atoms with Gasteiger partial charge in [0.05, 0.1) is 12.7 Å². The maximum Gasteiger partial charge on any atom is 0.0718 e. The van der Waals surface area contributed by atoms with Crippen LogP contribution in [0.5, 0.6) is 0 Å². The Labute approximate surface area is 119 Å². The van der Waals surface area contributed by atoms with Gasteiger partial charge in [-0.3, -0.25) is 4.90 Å². The van der Waals surface area contributed by atoms with Crippen LogP contribution < -0.4 is 5.73 Å². The molecule has 2 heterocycles. The predicted molar refractivity (Wildman–Crippen MR) is 79.5 cm³/mol. The highest BCUT2D eigenvalue weighted by atomic mass is 32.2. The Kier molecular flexibility index (Phi) is 4.43. The van der Waals surface area contributed by atoms with Crippen LogP contribution in [-0.2, 0) is 4.74 Å². The van der Waals surface area contributed by atoms with E-state index in [9.17, 15) is 0 Å². The third-order valence-electron chi connectivity index (χ3n) is 4.01. The van der Waals surface area contributed by atoms with Crippen LogP contribution in [-0.4, -0.2) is 48.5 Å². The van der Waals surface area contributed by atoms with Crippen LogP contribution in [0.3, 0.4) is 0 Å². The maximum absolute atomic E-state index is 6.22. The third kappa shape index (κ3) is 3.51. The Morgan fingerprint density at radius 1 is 1.37 bits per heavy atom. The first-order valence-electron chi connectivity index (χ1n) is 7.10. The van der Waals surface area contributed by atoms with Crippen molar-refractivity contribution in [3.63, 3.8) is 0 Å². The molecule has 2 aliphatic heterocycles. The number of rotatable bonds is 6. The topological polar surface area (TPSA) is 38.5 Å². The van der Waals surface area contributed by atoms with Crippen molar-refractivity contribution in [1.29, 1.82) is 0 Å². The molecule has 2 aliphatic rings. The number of likely N-dealkylation sites (tertiary alicyclic amines) is 1. The molecule has 0 amide bonds. The Morgan fingerprint density at radius 3 is 2.89 bits per heavy atom. The molecular weight excluding hydrogens is 256 g/mol. The first-order valence-corrected chi connectivity index (χ1v) is 8.09. The van der Waals surface area contributed by atoms with E-state index in [1.165, 1.54) is 11.3 Å². The lowest BCUT2D eigenvalue weighted by molar-refractivity contribution is 0.0298. The van der Waals surface area contributed by atoms with Crippen molar-refractivity contribution < 1.29 is 4.74 Å². The van der Waals surface area contributed by atoms with E-state index in [4.69, 9.17) is 10.5 Å². The Hall–Kier alpha value is -0.550. The Bertz CT molecular complexity index is 400. The van der Waals surface area contributed by atoms with E-state index in [1.807, 2.05) is 11.8 Å². The van der Waals surface area contributed by atoms with Gasteiger partial charge in [0.2, 0.25) is 0 Å². The van der Waals surface area contributed by atoms with Gasteiger partial charge in [-0.25, -0.2) is 0 Å². The highest BCUT2D eigenvalue weighted by Gasteiger charge is 2.38. The fourth-order valence-electron chi connectivity index (χ4n) is 2.89. The molecule has 0 radical (unpaired) electrons. The summed E-state index contributed by atoms with van der Waals surface area (Å²) in [7, 11) is 0. The van der Waals surface area contributed by atoms with Gasteiger partial charge in [0.15, 0.2) is 0 Å². The lowest BCUT2D eigenvalue weighted by Gasteiger charge is -2.27. The predicted octanol–water partition coefficient (Wildman–Crippen LogP) is 1.97. The second kappa shape index (κ2) is 6.27. The average Bonchev–Trinajstić information content (AvgIpc) is 3.06. The molecule has 2 saturated heterocycles. The fourth-order valence-corrected chi connectivity index (χ4v) is 3.81. The average molecular weight is 278 g/mol. The van der Waals surface area contributed by atoms with Crippen LogP contribution in [0.2, 0.25) is 0 Å². The molecule has 0 aliphatic carbocycles. The van der Waals surface area contributed by atoms with Crippen molar-refractivity contribution in [3.8, 4) is 0 Å². The standard InChI is InChI=1S/C15H22N2OS/c16-12(11-19-15-4-2-1-3-5-15)6-7-17-9-14-8-13(17)10-18-14/h1-5,12-14H,6-11,16H2/t12-,13?,14?/m1/s1. The van der Waals surface area contributed by atoms with Crippen LogP contribution in [0, 0.1) is 0 Å². The number of morpholine rings is 1.